The van der Waals surface area contributed by atoms with Gasteiger partial charge in [0.15, 0.2) is 0 Å². The van der Waals surface area contributed by atoms with E-state index >= 15 is 0 Å². The minimum Gasteiger partial charge on any atom is -0.342 e. The highest BCUT2D eigenvalue weighted by atomic mass is 35.5. The summed E-state index contributed by atoms with van der Waals surface area (Å²) in [6, 6.07) is 25.0. The Morgan fingerprint density at radius 1 is 0.967 bits per heavy atom. The molecule has 0 aliphatic rings. The summed E-state index contributed by atoms with van der Waals surface area (Å²) in [6.07, 6.45) is 3.87. The lowest BCUT2D eigenvalue weighted by molar-refractivity contribution is 0.836. The van der Waals surface area contributed by atoms with Gasteiger partial charge in [0.2, 0.25) is 0 Å². The van der Waals surface area contributed by atoms with E-state index in [1.165, 1.54) is 0 Å². The third-order valence-corrected chi connectivity index (χ3v) is 5.49. The second-order valence-electron chi connectivity index (χ2n) is 6.83. The van der Waals surface area contributed by atoms with Gasteiger partial charge in [-0.05, 0) is 47.5 Å². The van der Waals surface area contributed by atoms with E-state index in [2.05, 4.69) is 16.7 Å². The predicted octanol–water partition coefficient (Wildman–Crippen LogP) is 6.93. The zero-order valence-electron chi connectivity index (χ0n) is 15.8. The van der Waals surface area contributed by atoms with Crippen molar-refractivity contribution in [2.24, 2.45) is 0 Å². The first kappa shape index (κ1) is 19.8. The lowest BCUT2D eigenvalue weighted by atomic mass is 10.0. The first-order valence-corrected chi connectivity index (χ1v) is 9.99. The molecule has 0 radical (unpaired) electrons. The highest BCUT2D eigenvalue weighted by molar-refractivity contribution is 6.35. The van der Waals surface area contributed by atoms with Gasteiger partial charge in [0.1, 0.15) is 0 Å². The molecule has 3 nitrogen and oxygen atoms in total. The van der Waals surface area contributed by atoms with E-state index in [4.69, 9.17) is 28.5 Å². The van der Waals surface area contributed by atoms with Crippen LogP contribution in [0.25, 0.3) is 22.6 Å². The molecule has 0 unspecified atom stereocenters. The van der Waals surface area contributed by atoms with Gasteiger partial charge in [0, 0.05) is 39.3 Å². The van der Waals surface area contributed by atoms with Crippen molar-refractivity contribution in [2.45, 2.75) is 6.54 Å². The van der Waals surface area contributed by atoms with Crippen molar-refractivity contribution in [3.63, 3.8) is 0 Å². The minimum absolute atomic E-state index is 0.500. The summed E-state index contributed by atoms with van der Waals surface area (Å²) in [4.78, 5) is 0. The van der Waals surface area contributed by atoms with Gasteiger partial charge < -0.3 is 4.57 Å². The summed E-state index contributed by atoms with van der Waals surface area (Å²) in [5.41, 5.74) is 4.66. The SMILES string of the molecule is N#CC(=Cc1cn(Cc2ccc(Cl)cc2Cl)c2ccccc12)c1cccc(C#N)c1. The standard InChI is InChI=1S/C25H15Cl2N3/c26-22-9-8-19(24(27)12-22)15-30-16-21(23-6-1-2-7-25(23)30)11-20(14-29)18-5-3-4-17(10-18)13-28/h1-12,16H,15H2. The Bertz CT molecular complexity index is 1370. The molecule has 30 heavy (non-hydrogen) atoms. The topological polar surface area (TPSA) is 52.5 Å². The third kappa shape index (κ3) is 3.95. The molecule has 0 spiro atoms. The van der Waals surface area contributed by atoms with Crippen LogP contribution >= 0.6 is 23.2 Å². The molecule has 0 bridgehead atoms. The number of nitrogens with zero attached hydrogens (tertiary/aromatic N) is 3. The highest BCUT2D eigenvalue weighted by Crippen LogP contribution is 2.29. The average Bonchev–Trinajstić information content (AvgIpc) is 3.11. The molecule has 1 aromatic heterocycles. The van der Waals surface area contributed by atoms with Gasteiger partial charge in [-0.1, -0.05) is 59.6 Å². The van der Waals surface area contributed by atoms with Crippen molar-refractivity contribution < 1.29 is 0 Å². The molecular formula is C25H15Cl2N3. The second-order valence-corrected chi connectivity index (χ2v) is 7.67. The van der Waals surface area contributed by atoms with E-state index in [0.29, 0.717) is 33.3 Å². The van der Waals surface area contributed by atoms with Crippen LogP contribution in [0.15, 0.2) is 72.9 Å². The fourth-order valence-electron chi connectivity index (χ4n) is 3.45. The number of benzene rings is 3. The average molecular weight is 428 g/mol. The van der Waals surface area contributed by atoms with Crippen molar-refractivity contribution in [1.82, 2.24) is 4.57 Å². The molecule has 144 valence electrons. The number of hydrogen-bond acceptors (Lipinski definition) is 2. The summed E-state index contributed by atoms with van der Waals surface area (Å²) in [5, 5.41) is 21.1. The molecule has 1 heterocycles. The smallest absolute Gasteiger partial charge is 0.0998 e. The number of halogens is 2. The fourth-order valence-corrected chi connectivity index (χ4v) is 3.91. The first-order chi connectivity index (χ1) is 14.6. The Balaban J connectivity index is 1.81. The van der Waals surface area contributed by atoms with Crippen molar-refractivity contribution in [1.29, 1.82) is 10.5 Å². The quantitative estimate of drug-likeness (QED) is 0.331. The molecule has 0 saturated heterocycles. The third-order valence-electron chi connectivity index (χ3n) is 4.90. The van der Waals surface area contributed by atoms with Crippen LogP contribution in [0.3, 0.4) is 0 Å². The Labute approximate surface area is 184 Å². The zero-order valence-corrected chi connectivity index (χ0v) is 17.3. The summed E-state index contributed by atoms with van der Waals surface area (Å²) in [7, 11) is 0. The maximum Gasteiger partial charge on any atom is 0.0998 e. The Hall–Kier alpha value is -3.50. The summed E-state index contributed by atoms with van der Waals surface area (Å²) < 4.78 is 2.11. The molecule has 5 heteroatoms. The molecule has 3 aromatic carbocycles. The number of rotatable bonds is 4. The zero-order chi connectivity index (χ0) is 21.1. The minimum atomic E-state index is 0.500. The van der Waals surface area contributed by atoms with Crippen molar-refractivity contribution >= 4 is 45.8 Å². The second kappa shape index (κ2) is 8.47. The van der Waals surface area contributed by atoms with E-state index in [1.54, 1.807) is 24.3 Å². The van der Waals surface area contributed by atoms with Crippen LogP contribution in [-0.4, -0.2) is 4.57 Å². The lowest BCUT2D eigenvalue weighted by Gasteiger charge is -2.08. The van der Waals surface area contributed by atoms with Crippen LogP contribution in [0.4, 0.5) is 0 Å². The molecule has 0 atom stereocenters. The number of fused-ring (bicyclic) bond motifs is 1. The van der Waals surface area contributed by atoms with Crippen molar-refractivity contribution in [3.8, 4) is 12.1 Å². The molecule has 0 amide bonds. The monoisotopic (exact) mass is 427 g/mol. The lowest BCUT2D eigenvalue weighted by Crippen LogP contribution is -1.98. The Morgan fingerprint density at radius 3 is 2.57 bits per heavy atom. The van der Waals surface area contributed by atoms with Gasteiger partial charge in [0.05, 0.1) is 23.3 Å². The van der Waals surface area contributed by atoms with Crippen LogP contribution in [0.2, 0.25) is 10.0 Å². The summed E-state index contributed by atoms with van der Waals surface area (Å²) in [6.45, 7) is 0.580. The van der Waals surface area contributed by atoms with Crippen LogP contribution in [0.5, 0.6) is 0 Å². The van der Waals surface area contributed by atoms with Gasteiger partial charge >= 0.3 is 0 Å². The molecular weight excluding hydrogens is 413 g/mol. The fraction of sp³-hybridized carbons (Fsp3) is 0.0400. The Kier molecular flexibility index (Phi) is 5.59. The number of aromatic nitrogens is 1. The van der Waals surface area contributed by atoms with Crippen LogP contribution in [0, 0.1) is 22.7 Å². The van der Waals surface area contributed by atoms with E-state index in [-0.39, 0.29) is 0 Å². The highest BCUT2D eigenvalue weighted by Gasteiger charge is 2.11. The number of para-hydroxylation sites is 1. The normalized spacial score (nSPS) is 11.3. The number of nitriles is 2. The molecule has 0 saturated carbocycles. The van der Waals surface area contributed by atoms with Crippen molar-refractivity contribution in [2.75, 3.05) is 0 Å². The van der Waals surface area contributed by atoms with Gasteiger partial charge in [-0.3, -0.25) is 0 Å². The molecule has 4 rings (SSSR count). The molecule has 0 aliphatic carbocycles. The van der Waals surface area contributed by atoms with Gasteiger partial charge in [0.25, 0.3) is 0 Å². The molecule has 0 fully saturated rings. The maximum atomic E-state index is 9.74. The van der Waals surface area contributed by atoms with Gasteiger partial charge in [-0.2, -0.15) is 10.5 Å². The van der Waals surface area contributed by atoms with Gasteiger partial charge in [-0.25, -0.2) is 0 Å². The van der Waals surface area contributed by atoms with Crippen LogP contribution in [-0.2, 0) is 6.54 Å². The van der Waals surface area contributed by atoms with Crippen LogP contribution < -0.4 is 0 Å². The largest absolute Gasteiger partial charge is 0.342 e. The number of allylic oxidation sites excluding steroid dienone is 1. The Morgan fingerprint density at radius 2 is 1.80 bits per heavy atom. The van der Waals surface area contributed by atoms with E-state index in [9.17, 15) is 5.26 Å². The molecule has 0 N–H and O–H groups in total. The van der Waals surface area contributed by atoms with Crippen molar-refractivity contribution in [3.05, 3.63) is 105 Å². The van der Waals surface area contributed by atoms with E-state index in [1.807, 2.05) is 54.7 Å². The van der Waals surface area contributed by atoms with Crippen LogP contribution in [0.1, 0.15) is 22.3 Å². The maximum absolute atomic E-state index is 9.74. The van der Waals surface area contributed by atoms with E-state index < -0.39 is 0 Å². The molecule has 4 aromatic rings. The summed E-state index contributed by atoms with van der Waals surface area (Å²) in [5.74, 6) is 0. The van der Waals surface area contributed by atoms with E-state index in [0.717, 1.165) is 22.0 Å². The number of hydrogen-bond donors (Lipinski definition) is 0. The van der Waals surface area contributed by atoms with Gasteiger partial charge in [-0.15, -0.1) is 0 Å². The molecule has 0 aliphatic heterocycles. The predicted molar refractivity (Wildman–Crippen MR) is 122 cm³/mol. The summed E-state index contributed by atoms with van der Waals surface area (Å²) >= 11 is 12.4. The first-order valence-electron chi connectivity index (χ1n) is 9.23.